The Morgan fingerprint density at radius 1 is 0.893 bits per heavy atom. The fraction of sp³-hybridized carbons (Fsp3) is 0.292. The lowest BCUT2D eigenvalue weighted by molar-refractivity contribution is 0.0909. The molecule has 1 aromatic heterocycles. The number of β-amino-alcohol motifs (C(OH)–C–C–N with tert-alkyl or cyclic N) is 1. The maximum atomic E-state index is 12.5. The van der Waals surface area contributed by atoms with Crippen LogP contribution in [0.25, 0.3) is 0 Å². The Balaban J connectivity index is 1.36. The molecule has 4 nitrogen and oxygen atoms in total. The van der Waals surface area contributed by atoms with Crippen molar-refractivity contribution in [3.8, 4) is 0 Å². The van der Waals surface area contributed by atoms with Crippen LogP contribution in [0.15, 0.2) is 77.7 Å². The first-order valence-corrected chi connectivity index (χ1v) is 9.88. The average molecular weight is 374 g/mol. The summed E-state index contributed by atoms with van der Waals surface area (Å²) in [5.41, 5.74) is 4.86. The summed E-state index contributed by atoms with van der Waals surface area (Å²) < 4.78 is 1.61. The molecule has 0 spiro atoms. The second-order valence-electron chi connectivity index (χ2n) is 7.60. The van der Waals surface area contributed by atoms with E-state index in [2.05, 4.69) is 41.3 Å². The lowest BCUT2D eigenvalue weighted by Crippen LogP contribution is -2.39. The van der Waals surface area contributed by atoms with Gasteiger partial charge in [0.15, 0.2) is 0 Å². The van der Waals surface area contributed by atoms with Gasteiger partial charge in [0.25, 0.3) is 5.56 Å². The summed E-state index contributed by atoms with van der Waals surface area (Å²) in [4.78, 5) is 14.7. The molecular weight excluding hydrogens is 348 g/mol. The van der Waals surface area contributed by atoms with Gasteiger partial charge in [0.2, 0.25) is 0 Å². The molecule has 2 heterocycles. The van der Waals surface area contributed by atoms with Crippen molar-refractivity contribution in [2.75, 3.05) is 13.1 Å². The first-order chi connectivity index (χ1) is 13.7. The van der Waals surface area contributed by atoms with Gasteiger partial charge >= 0.3 is 0 Å². The lowest BCUT2D eigenvalue weighted by Gasteiger charge is -2.30. The minimum atomic E-state index is -0.567. The predicted molar refractivity (Wildman–Crippen MR) is 111 cm³/mol. The van der Waals surface area contributed by atoms with E-state index in [-0.39, 0.29) is 5.56 Å². The number of benzene rings is 2. The number of hydrogen-bond donors (Lipinski definition) is 1. The number of pyridine rings is 1. The minimum absolute atomic E-state index is 0.0588. The van der Waals surface area contributed by atoms with E-state index < -0.39 is 6.10 Å². The molecule has 1 aliphatic rings. The van der Waals surface area contributed by atoms with Crippen LogP contribution in [0.5, 0.6) is 0 Å². The number of hydrogen-bond acceptors (Lipinski definition) is 3. The molecule has 2 aromatic carbocycles. The second-order valence-corrected chi connectivity index (χ2v) is 7.60. The Hall–Kier alpha value is -2.69. The highest BCUT2D eigenvalue weighted by Crippen LogP contribution is 2.18. The van der Waals surface area contributed by atoms with Gasteiger partial charge in [0.1, 0.15) is 0 Å². The molecule has 3 aromatic rings. The van der Waals surface area contributed by atoms with Gasteiger partial charge in [-0.3, -0.25) is 9.69 Å². The Kier molecular flexibility index (Phi) is 5.70. The van der Waals surface area contributed by atoms with Crippen molar-refractivity contribution in [3.63, 3.8) is 0 Å². The summed E-state index contributed by atoms with van der Waals surface area (Å²) in [5.74, 6) is 0. The zero-order chi connectivity index (χ0) is 19.3. The summed E-state index contributed by atoms with van der Waals surface area (Å²) in [7, 11) is 0. The van der Waals surface area contributed by atoms with Crippen molar-refractivity contribution >= 4 is 0 Å². The second kappa shape index (κ2) is 8.55. The van der Waals surface area contributed by atoms with Crippen molar-refractivity contribution in [2.45, 2.75) is 32.0 Å². The third kappa shape index (κ3) is 4.58. The van der Waals surface area contributed by atoms with Crippen molar-refractivity contribution < 1.29 is 5.11 Å². The van der Waals surface area contributed by atoms with Gasteiger partial charge in [-0.2, -0.15) is 0 Å². The molecule has 1 aliphatic heterocycles. The Morgan fingerprint density at radius 2 is 1.64 bits per heavy atom. The maximum Gasteiger partial charge on any atom is 0.250 e. The molecule has 4 rings (SSSR count). The first kappa shape index (κ1) is 18.7. The third-order valence-electron chi connectivity index (χ3n) is 5.40. The quantitative estimate of drug-likeness (QED) is 0.722. The van der Waals surface area contributed by atoms with Crippen molar-refractivity contribution in [1.82, 2.24) is 9.47 Å². The fourth-order valence-electron chi connectivity index (χ4n) is 3.93. The van der Waals surface area contributed by atoms with Gasteiger partial charge < -0.3 is 9.67 Å². The van der Waals surface area contributed by atoms with Gasteiger partial charge in [0, 0.05) is 31.9 Å². The van der Waals surface area contributed by atoms with Crippen LogP contribution in [0.3, 0.4) is 0 Å². The zero-order valence-corrected chi connectivity index (χ0v) is 16.0. The molecule has 0 radical (unpaired) electrons. The van der Waals surface area contributed by atoms with Crippen LogP contribution in [0, 0.1) is 0 Å². The maximum absolute atomic E-state index is 12.5. The zero-order valence-electron chi connectivity index (χ0n) is 16.0. The largest absolute Gasteiger partial charge is 0.390 e. The van der Waals surface area contributed by atoms with E-state index >= 15 is 0 Å². The molecule has 1 atom stereocenters. The Labute approximate surface area is 165 Å². The van der Waals surface area contributed by atoms with Crippen LogP contribution >= 0.6 is 0 Å². The molecule has 144 valence electrons. The van der Waals surface area contributed by atoms with E-state index in [1.54, 1.807) is 16.8 Å². The van der Waals surface area contributed by atoms with Crippen molar-refractivity contribution in [2.24, 2.45) is 0 Å². The van der Waals surface area contributed by atoms with E-state index in [0.29, 0.717) is 13.1 Å². The monoisotopic (exact) mass is 374 g/mol. The molecule has 0 unspecified atom stereocenters. The van der Waals surface area contributed by atoms with Crippen LogP contribution < -0.4 is 5.56 Å². The highest BCUT2D eigenvalue weighted by Gasteiger charge is 2.18. The Morgan fingerprint density at radius 3 is 2.43 bits per heavy atom. The van der Waals surface area contributed by atoms with Gasteiger partial charge in [-0.05, 0) is 41.2 Å². The average Bonchev–Trinajstić information content (AvgIpc) is 2.71. The molecule has 0 saturated heterocycles. The normalized spacial score (nSPS) is 15.2. The molecule has 0 saturated carbocycles. The van der Waals surface area contributed by atoms with E-state index in [1.165, 1.54) is 16.7 Å². The number of nitrogens with zero attached hydrogens (tertiary/aromatic N) is 2. The third-order valence-corrected chi connectivity index (χ3v) is 5.40. The molecule has 0 aliphatic carbocycles. The number of aromatic nitrogens is 1. The van der Waals surface area contributed by atoms with Gasteiger partial charge in [0.05, 0.1) is 12.6 Å². The molecule has 4 heteroatoms. The summed E-state index contributed by atoms with van der Waals surface area (Å²) in [6.45, 7) is 2.70. The molecular formula is C24H26N2O2. The molecule has 0 bridgehead atoms. The van der Waals surface area contributed by atoms with Crippen LogP contribution in [0.2, 0.25) is 0 Å². The Bertz CT molecular complexity index is 981. The number of fused-ring (bicyclic) bond motifs is 1. The molecule has 28 heavy (non-hydrogen) atoms. The standard InChI is InChI=1S/C24H26N2O2/c27-23(17-25-12-11-21-8-4-5-9-22(21)16-25)18-26-13-10-20(15-24(26)28)14-19-6-2-1-3-7-19/h1-10,13,15,23,27H,11-12,14,16-18H2/t23-/m1/s1. The van der Waals surface area contributed by atoms with E-state index in [1.807, 2.05) is 24.3 Å². The van der Waals surface area contributed by atoms with Gasteiger partial charge in [-0.25, -0.2) is 0 Å². The number of aliphatic hydroxyl groups excluding tert-OH is 1. The summed E-state index contributed by atoms with van der Waals surface area (Å²) in [5, 5.41) is 10.5. The highest BCUT2D eigenvalue weighted by atomic mass is 16.3. The fourth-order valence-corrected chi connectivity index (χ4v) is 3.93. The minimum Gasteiger partial charge on any atom is -0.390 e. The molecule has 0 fully saturated rings. The number of aliphatic hydroxyl groups is 1. The van der Waals surface area contributed by atoms with E-state index in [9.17, 15) is 9.90 Å². The van der Waals surface area contributed by atoms with Crippen LogP contribution in [0.1, 0.15) is 22.3 Å². The van der Waals surface area contributed by atoms with Crippen LogP contribution in [0.4, 0.5) is 0 Å². The molecule has 1 N–H and O–H groups in total. The van der Waals surface area contributed by atoms with Crippen molar-refractivity contribution in [3.05, 3.63) is 106 Å². The lowest BCUT2D eigenvalue weighted by atomic mass is 10.00. The summed E-state index contributed by atoms with van der Waals surface area (Å²) in [6, 6.07) is 22.3. The van der Waals surface area contributed by atoms with E-state index in [4.69, 9.17) is 0 Å². The van der Waals surface area contributed by atoms with Gasteiger partial charge in [-0.15, -0.1) is 0 Å². The highest BCUT2D eigenvalue weighted by molar-refractivity contribution is 5.29. The summed E-state index contributed by atoms with van der Waals surface area (Å²) in [6.07, 6.45) is 2.99. The van der Waals surface area contributed by atoms with Crippen LogP contribution in [-0.2, 0) is 25.9 Å². The predicted octanol–water partition coefficient (Wildman–Crippen LogP) is 2.86. The van der Waals surface area contributed by atoms with Crippen LogP contribution in [-0.4, -0.2) is 33.8 Å². The summed E-state index contributed by atoms with van der Waals surface area (Å²) >= 11 is 0. The number of rotatable bonds is 6. The van der Waals surface area contributed by atoms with Gasteiger partial charge in [-0.1, -0.05) is 54.6 Å². The molecule has 0 amide bonds. The smallest absolute Gasteiger partial charge is 0.250 e. The van der Waals surface area contributed by atoms with Crippen molar-refractivity contribution in [1.29, 1.82) is 0 Å². The van der Waals surface area contributed by atoms with E-state index in [0.717, 1.165) is 31.5 Å². The SMILES string of the molecule is O=c1cc(Cc2ccccc2)ccn1C[C@H](O)CN1CCc2ccccc2C1. The topological polar surface area (TPSA) is 45.5 Å². The first-order valence-electron chi connectivity index (χ1n) is 9.88.